The first-order chi connectivity index (χ1) is 22.8. The van der Waals surface area contributed by atoms with Crippen LogP contribution >= 0.6 is 69.6 Å². The molecule has 240 valence electrons. The van der Waals surface area contributed by atoms with Crippen LogP contribution in [0.5, 0.6) is 0 Å². The monoisotopic (exact) mass is 768 g/mol. The summed E-state index contributed by atoms with van der Waals surface area (Å²) in [5, 5.41) is -3.06. The molecule has 0 atom stereocenters. The Labute approximate surface area is 299 Å². The van der Waals surface area contributed by atoms with Crippen molar-refractivity contribution in [3.63, 3.8) is 0 Å². The van der Waals surface area contributed by atoms with Gasteiger partial charge in [-0.25, -0.2) is 26.3 Å². The topological polar surface area (TPSA) is 0 Å². The molecule has 12 bridgehead atoms. The number of halogens is 12. The van der Waals surface area contributed by atoms with Gasteiger partial charge in [0.1, 0.15) is 34.9 Å². The van der Waals surface area contributed by atoms with Crippen molar-refractivity contribution in [2.45, 2.75) is 0 Å². The lowest BCUT2D eigenvalue weighted by Gasteiger charge is -2.17. The largest absolute Gasteiger partial charge is 0.205 e. The smallest absolute Gasteiger partial charge is 0.150 e. The maximum atomic E-state index is 15.8. The molecule has 0 aliphatic heterocycles. The minimum Gasteiger partial charge on any atom is -0.205 e. The van der Waals surface area contributed by atoms with Gasteiger partial charge in [-0.1, -0.05) is 142 Å². The summed E-state index contributed by atoms with van der Waals surface area (Å²) in [6.07, 6.45) is 0. The molecular weight excluding hydrogens is 759 g/mol. The van der Waals surface area contributed by atoms with E-state index in [-0.39, 0.29) is 66.8 Å². The predicted molar refractivity (Wildman–Crippen MR) is 182 cm³/mol. The summed E-state index contributed by atoms with van der Waals surface area (Å²) in [6, 6.07) is 15.1. The fraction of sp³-hybridized carbons (Fsp3) is 0. The summed E-state index contributed by atoms with van der Waals surface area (Å²) in [7, 11) is 0. The predicted octanol–water partition coefficient (Wildman–Crippen LogP) is 14.8. The molecule has 48 heavy (non-hydrogen) atoms. The zero-order valence-electron chi connectivity index (χ0n) is 23.5. The van der Waals surface area contributed by atoms with E-state index in [1.165, 1.54) is 72.8 Å². The number of hydrogen-bond donors (Lipinski definition) is 0. The highest BCUT2D eigenvalue weighted by atomic mass is 35.5. The highest BCUT2D eigenvalue weighted by Gasteiger charge is 2.27. The van der Waals surface area contributed by atoms with Gasteiger partial charge in [0.05, 0.1) is 30.1 Å². The molecule has 0 heterocycles. The van der Waals surface area contributed by atoms with Crippen molar-refractivity contribution in [1.82, 2.24) is 0 Å². The lowest BCUT2D eigenvalue weighted by molar-refractivity contribution is 0.615. The summed E-state index contributed by atoms with van der Waals surface area (Å²) < 4.78 is 94.7. The van der Waals surface area contributed by atoms with E-state index in [9.17, 15) is 0 Å². The fourth-order valence-electron chi connectivity index (χ4n) is 5.79. The Hall–Kier alpha value is -3.36. The van der Waals surface area contributed by atoms with Gasteiger partial charge in [-0.2, -0.15) is 0 Å². The summed E-state index contributed by atoms with van der Waals surface area (Å²) in [5.74, 6) is -6.42. The minimum atomic E-state index is -1.07. The average Bonchev–Trinajstić information content (AvgIpc) is 3.06. The average molecular weight is 771 g/mol. The van der Waals surface area contributed by atoms with E-state index in [4.69, 9.17) is 69.6 Å². The summed E-state index contributed by atoms with van der Waals surface area (Å²) in [5.41, 5.74) is -2.00. The molecule has 0 amide bonds. The van der Waals surface area contributed by atoms with Gasteiger partial charge < -0.3 is 0 Å². The number of hydrogen-bond acceptors (Lipinski definition) is 0. The van der Waals surface area contributed by atoms with Crippen molar-refractivity contribution < 1.29 is 26.3 Å². The van der Waals surface area contributed by atoms with Crippen LogP contribution < -0.4 is 0 Å². The molecule has 6 aromatic rings. The molecule has 0 aromatic heterocycles. The van der Waals surface area contributed by atoms with Crippen molar-refractivity contribution in [1.29, 1.82) is 0 Å². The van der Waals surface area contributed by atoms with Gasteiger partial charge in [0.15, 0.2) is 0 Å². The van der Waals surface area contributed by atoms with Crippen molar-refractivity contribution in [2.75, 3.05) is 0 Å². The maximum Gasteiger partial charge on any atom is 0.150 e. The fourth-order valence-corrected chi connectivity index (χ4v) is 7.39. The van der Waals surface area contributed by atoms with Crippen molar-refractivity contribution >= 4 is 69.6 Å². The molecule has 0 spiro atoms. The van der Waals surface area contributed by atoms with Gasteiger partial charge in [0.25, 0.3) is 0 Å². The van der Waals surface area contributed by atoms with E-state index in [2.05, 4.69) is 0 Å². The zero-order chi connectivity index (χ0) is 34.3. The SMILES string of the molecule is Fc1c2ccc(c1Cl)-c1ccc(c(F)c1Cl)-c1ccc(c(Cl)c1F)-c1ccc(c(F)c1Cl)-c1ccc(c(Cl)c1F)-c1ccc-2c(F)c1Cl. The Morgan fingerprint density at radius 3 is 0.438 bits per heavy atom. The van der Waals surface area contributed by atoms with Crippen LogP contribution in [0.2, 0.25) is 30.1 Å². The highest BCUT2D eigenvalue weighted by Crippen LogP contribution is 2.47. The quantitative estimate of drug-likeness (QED) is 0.135. The highest BCUT2D eigenvalue weighted by molar-refractivity contribution is 6.39. The molecule has 16 aliphatic rings. The van der Waals surface area contributed by atoms with Crippen LogP contribution in [-0.4, -0.2) is 0 Å². The second-order valence-corrected chi connectivity index (χ2v) is 13.0. The molecule has 0 saturated carbocycles. The Morgan fingerprint density at radius 2 is 0.312 bits per heavy atom. The molecule has 0 nitrogen and oxygen atoms in total. The Morgan fingerprint density at radius 1 is 0.208 bits per heavy atom. The summed E-state index contributed by atoms with van der Waals surface area (Å²) in [4.78, 5) is 0. The van der Waals surface area contributed by atoms with Crippen molar-refractivity contribution in [3.05, 3.63) is 138 Å². The van der Waals surface area contributed by atoms with Gasteiger partial charge >= 0.3 is 0 Å². The molecule has 16 aliphatic carbocycles. The molecule has 0 N–H and O–H groups in total. The van der Waals surface area contributed by atoms with E-state index in [0.29, 0.717) is 0 Å². The first-order valence-corrected chi connectivity index (χ1v) is 16.0. The maximum absolute atomic E-state index is 15.8. The van der Waals surface area contributed by atoms with Gasteiger partial charge in [-0.05, 0) is 0 Å². The molecule has 6 aromatic carbocycles. The zero-order valence-corrected chi connectivity index (χ0v) is 28.0. The lowest BCUT2D eigenvalue weighted by atomic mass is 9.93. The van der Waals surface area contributed by atoms with Crippen LogP contribution in [0.3, 0.4) is 0 Å². The lowest BCUT2D eigenvalue weighted by Crippen LogP contribution is -1.98. The Bertz CT molecular complexity index is 1800. The van der Waals surface area contributed by atoms with Crippen LogP contribution in [0.15, 0.2) is 72.8 Å². The second-order valence-electron chi connectivity index (χ2n) is 10.7. The van der Waals surface area contributed by atoms with Gasteiger partial charge in [-0.3, -0.25) is 0 Å². The first-order valence-electron chi connectivity index (χ1n) is 13.7. The Balaban J connectivity index is 1.55. The number of benzene rings is 6. The van der Waals surface area contributed by atoms with Gasteiger partial charge in [0.2, 0.25) is 0 Å². The van der Waals surface area contributed by atoms with Crippen LogP contribution in [0, 0.1) is 34.9 Å². The van der Waals surface area contributed by atoms with Crippen molar-refractivity contribution in [3.8, 4) is 66.8 Å². The Kier molecular flexibility index (Phi) is 8.43. The van der Waals surface area contributed by atoms with Crippen molar-refractivity contribution in [2.24, 2.45) is 0 Å². The van der Waals surface area contributed by atoms with Crippen LogP contribution in [0.4, 0.5) is 26.3 Å². The molecular formula is C36H12Cl6F6. The normalized spacial score (nSPS) is 11.8. The summed E-state index contributed by atoms with van der Waals surface area (Å²) >= 11 is 38.3. The van der Waals surface area contributed by atoms with E-state index >= 15 is 26.3 Å². The first kappa shape index (κ1) is 33.2. The molecule has 12 heteroatoms. The number of rotatable bonds is 0. The van der Waals surface area contributed by atoms with Gasteiger partial charge in [-0.15, -0.1) is 0 Å². The third-order valence-electron chi connectivity index (χ3n) is 8.23. The molecule has 0 fully saturated rings. The van der Waals surface area contributed by atoms with E-state index in [1.54, 1.807) is 0 Å². The van der Waals surface area contributed by atoms with E-state index in [1.807, 2.05) is 0 Å². The molecule has 0 unspecified atom stereocenters. The standard InChI is InChI=1S/C36H12Cl6F6/c37-25-13-1-7-19(31(25)43)20-9-3-15(27(39)32(20)44)16-5-11-23(35(47)28(16)40)24-12-6-18(30(42)36(24)48)17-4-10-22(34(46)29(17)41)21-8-2-14(13)26(38)33(21)45/h1-12H. The minimum absolute atomic E-state index is 0.0396. The molecule has 0 saturated heterocycles. The van der Waals surface area contributed by atoms with Crippen LogP contribution in [-0.2, 0) is 0 Å². The summed E-state index contributed by atoms with van der Waals surface area (Å²) in [6.45, 7) is 0. The molecule has 0 radical (unpaired) electrons. The second kappa shape index (κ2) is 12.2. The third-order valence-corrected chi connectivity index (χ3v) is 10.5. The molecule has 22 rings (SSSR count). The van der Waals surface area contributed by atoms with E-state index in [0.717, 1.165) is 0 Å². The van der Waals surface area contributed by atoms with E-state index < -0.39 is 65.0 Å². The van der Waals surface area contributed by atoms with Crippen LogP contribution in [0.1, 0.15) is 0 Å². The third kappa shape index (κ3) is 4.92. The van der Waals surface area contributed by atoms with Crippen LogP contribution in [0.25, 0.3) is 66.8 Å². The van der Waals surface area contributed by atoms with Gasteiger partial charge in [0, 0.05) is 66.8 Å².